The average Bonchev–Trinajstić information content (AvgIpc) is 2.30. The summed E-state index contributed by atoms with van der Waals surface area (Å²) in [6.07, 6.45) is 4.87. The number of carbonyl (C=O) groups excluding carboxylic acids is 1. The molecule has 1 aliphatic rings. The molecule has 130 valence electrons. The van der Waals surface area contributed by atoms with E-state index in [-0.39, 0.29) is 12.1 Å². The van der Waals surface area contributed by atoms with Crippen LogP contribution in [0.4, 0.5) is 4.79 Å². The second-order valence-electron chi connectivity index (χ2n) is 8.68. The van der Waals surface area contributed by atoms with Gasteiger partial charge in [0.15, 0.2) is 0 Å². The van der Waals surface area contributed by atoms with Crippen molar-refractivity contribution in [3.8, 4) is 0 Å². The Balaban J connectivity index is 2.43. The highest BCUT2D eigenvalue weighted by Gasteiger charge is 2.28. The van der Waals surface area contributed by atoms with Gasteiger partial charge in [-0.05, 0) is 59.3 Å². The monoisotopic (exact) mass is 312 g/mol. The quantitative estimate of drug-likeness (QED) is 0.827. The summed E-state index contributed by atoms with van der Waals surface area (Å²) >= 11 is 0. The van der Waals surface area contributed by atoms with Crippen molar-refractivity contribution in [2.45, 2.75) is 91.8 Å². The zero-order valence-corrected chi connectivity index (χ0v) is 15.7. The maximum atomic E-state index is 12.3. The third kappa shape index (κ3) is 6.99. The maximum absolute atomic E-state index is 12.3. The zero-order valence-electron chi connectivity index (χ0n) is 15.7. The lowest BCUT2D eigenvalue weighted by atomic mass is 9.75. The van der Waals surface area contributed by atoms with Crippen LogP contribution in [0, 0.1) is 5.41 Å². The fraction of sp³-hybridized carbons (Fsp3) is 0.944. The van der Waals surface area contributed by atoms with Gasteiger partial charge < -0.3 is 15.0 Å². The summed E-state index contributed by atoms with van der Waals surface area (Å²) in [5.74, 6) is 0. The molecule has 1 atom stereocenters. The van der Waals surface area contributed by atoms with Gasteiger partial charge in [-0.1, -0.05) is 20.3 Å². The van der Waals surface area contributed by atoms with Crippen molar-refractivity contribution in [1.29, 1.82) is 0 Å². The van der Waals surface area contributed by atoms with Crippen molar-refractivity contribution in [1.82, 2.24) is 10.2 Å². The van der Waals surface area contributed by atoms with Gasteiger partial charge in [-0.15, -0.1) is 0 Å². The summed E-state index contributed by atoms with van der Waals surface area (Å²) in [4.78, 5) is 14.1. The maximum Gasteiger partial charge on any atom is 0.410 e. The summed E-state index contributed by atoms with van der Waals surface area (Å²) < 4.78 is 5.50. The van der Waals surface area contributed by atoms with Gasteiger partial charge in [0.25, 0.3) is 0 Å². The average molecular weight is 312 g/mol. The highest BCUT2D eigenvalue weighted by molar-refractivity contribution is 5.68. The van der Waals surface area contributed by atoms with Crippen molar-refractivity contribution in [2.75, 3.05) is 13.1 Å². The number of carbonyl (C=O) groups is 1. The summed E-state index contributed by atoms with van der Waals surface area (Å²) in [6, 6.07) is 0.732. The lowest BCUT2D eigenvalue weighted by Gasteiger charge is -2.36. The molecule has 0 radical (unpaired) electrons. The number of nitrogens with zero attached hydrogens (tertiary/aromatic N) is 1. The van der Waals surface area contributed by atoms with Crippen molar-refractivity contribution in [3.05, 3.63) is 0 Å². The predicted molar refractivity (Wildman–Crippen MR) is 92.1 cm³/mol. The zero-order chi connectivity index (χ0) is 17.0. The highest BCUT2D eigenvalue weighted by Crippen LogP contribution is 2.34. The van der Waals surface area contributed by atoms with Crippen LogP contribution in [0.25, 0.3) is 0 Å². The Bertz CT molecular complexity index is 359. The molecule has 0 saturated heterocycles. The molecular formula is C18H36N2O2. The number of nitrogens with one attached hydrogen (secondary N) is 1. The Labute approximate surface area is 137 Å². The Morgan fingerprint density at radius 1 is 1.36 bits per heavy atom. The molecule has 1 N–H and O–H groups in total. The van der Waals surface area contributed by atoms with Gasteiger partial charge in [-0.3, -0.25) is 0 Å². The first-order valence-corrected chi connectivity index (χ1v) is 8.73. The van der Waals surface area contributed by atoms with Crippen molar-refractivity contribution >= 4 is 6.09 Å². The first kappa shape index (κ1) is 19.3. The molecule has 4 nitrogen and oxygen atoms in total. The molecule has 0 aromatic carbocycles. The van der Waals surface area contributed by atoms with Gasteiger partial charge in [-0.25, -0.2) is 4.79 Å². The van der Waals surface area contributed by atoms with Gasteiger partial charge in [-0.2, -0.15) is 0 Å². The van der Waals surface area contributed by atoms with E-state index in [1.807, 2.05) is 39.5 Å². The second-order valence-corrected chi connectivity index (χ2v) is 8.68. The largest absolute Gasteiger partial charge is 0.444 e. The van der Waals surface area contributed by atoms with E-state index in [1.54, 1.807) is 0 Å². The van der Waals surface area contributed by atoms with Crippen LogP contribution in [0.5, 0.6) is 0 Å². The number of rotatable bonds is 5. The number of ether oxygens (including phenoxy) is 1. The normalized spacial score (nSPS) is 21.7. The Kier molecular flexibility index (Phi) is 6.72. The number of hydrogen-bond donors (Lipinski definition) is 1. The minimum absolute atomic E-state index is 0.152. The lowest BCUT2D eigenvalue weighted by molar-refractivity contribution is 0.0190. The van der Waals surface area contributed by atoms with Gasteiger partial charge in [0, 0.05) is 25.2 Å². The van der Waals surface area contributed by atoms with Crippen LogP contribution in [0.2, 0.25) is 0 Å². The van der Waals surface area contributed by atoms with Gasteiger partial charge in [0.2, 0.25) is 0 Å². The first-order chi connectivity index (χ1) is 10.0. The van der Waals surface area contributed by atoms with E-state index in [1.165, 1.54) is 25.7 Å². The minimum Gasteiger partial charge on any atom is -0.444 e. The molecule has 1 saturated carbocycles. The van der Waals surface area contributed by atoms with Crippen molar-refractivity contribution in [2.24, 2.45) is 5.41 Å². The van der Waals surface area contributed by atoms with Crippen LogP contribution in [0.1, 0.15) is 74.1 Å². The van der Waals surface area contributed by atoms with Crippen molar-refractivity contribution in [3.63, 3.8) is 0 Å². The van der Waals surface area contributed by atoms with Crippen LogP contribution in [0.15, 0.2) is 0 Å². The fourth-order valence-corrected chi connectivity index (χ4v) is 3.14. The standard InChI is InChI=1S/C18H36N2O2/c1-14(2)20(16(21)22-17(3,4)5)12-11-19-15-9-8-10-18(6,7)13-15/h14-15,19H,8-13H2,1-7H3. The number of hydrogen-bond acceptors (Lipinski definition) is 3. The van der Waals surface area contributed by atoms with Crippen LogP contribution in [-0.2, 0) is 4.74 Å². The van der Waals surface area contributed by atoms with E-state index in [2.05, 4.69) is 19.2 Å². The summed E-state index contributed by atoms with van der Waals surface area (Å²) in [5.41, 5.74) is 0.00383. The molecule has 0 bridgehead atoms. The molecule has 0 heterocycles. The molecule has 1 rings (SSSR count). The molecule has 1 fully saturated rings. The van der Waals surface area contributed by atoms with E-state index in [0.717, 1.165) is 6.54 Å². The fourth-order valence-electron chi connectivity index (χ4n) is 3.14. The van der Waals surface area contributed by atoms with Crippen LogP contribution in [0.3, 0.4) is 0 Å². The van der Waals surface area contributed by atoms with Crippen LogP contribution < -0.4 is 5.32 Å². The Morgan fingerprint density at radius 2 is 2.00 bits per heavy atom. The topological polar surface area (TPSA) is 41.6 Å². The molecule has 1 unspecified atom stereocenters. The minimum atomic E-state index is -0.439. The molecule has 0 aromatic heterocycles. The molecule has 1 aliphatic carbocycles. The van der Waals surface area contributed by atoms with Gasteiger partial charge >= 0.3 is 6.09 Å². The smallest absolute Gasteiger partial charge is 0.410 e. The third-order valence-electron chi connectivity index (χ3n) is 4.24. The van der Waals surface area contributed by atoms with Gasteiger partial charge in [0.1, 0.15) is 5.60 Å². The Hall–Kier alpha value is -0.770. The molecule has 0 spiro atoms. The lowest BCUT2D eigenvalue weighted by Crippen LogP contribution is -2.46. The molecule has 4 heteroatoms. The summed E-state index contributed by atoms with van der Waals surface area (Å²) in [7, 11) is 0. The SMILES string of the molecule is CC(C)N(CCNC1CCCC(C)(C)C1)C(=O)OC(C)(C)C. The second kappa shape index (κ2) is 7.67. The molecular weight excluding hydrogens is 276 g/mol. The van der Waals surface area contributed by atoms with E-state index in [0.29, 0.717) is 18.0 Å². The van der Waals surface area contributed by atoms with Gasteiger partial charge in [0.05, 0.1) is 0 Å². The summed E-state index contributed by atoms with van der Waals surface area (Å²) in [5, 5.41) is 3.63. The van der Waals surface area contributed by atoms with E-state index in [9.17, 15) is 4.79 Å². The molecule has 0 aliphatic heterocycles. The van der Waals surface area contributed by atoms with E-state index in [4.69, 9.17) is 4.74 Å². The third-order valence-corrected chi connectivity index (χ3v) is 4.24. The highest BCUT2D eigenvalue weighted by atomic mass is 16.6. The molecule has 0 aromatic rings. The summed E-state index contributed by atoms with van der Waals surface area (Å²) in [6.45, 7) is 16.0. The van der Waals surface area contributed by atoms with E-state index >= 15 is 0 Å². The van der Waals surface area contributed by atoms with Crippen LogP contribution in [-0.4, -0.2) is 41.8 Å². The first-order valence-electron chi connectivity index (χ1n) is 8.73. The predicted octanol–water partition coefficient (Wildman–Crippen LogP) is 4.19. The van der Waals surface area contributed by atoms with E-state index < -0.39 is 5.60 Å². The van der Waals surface area contributed by atoms with Crippen LogP contribution >= 0.6 is 0 Å². The number of amides is 1. The molecule has 1 amide bonds. The molecule has 22 heavy (non-hydrogen) atoms. The Morgan fingerprint density at radius 3 is 2.50 bits per heavy atom. The van der Waals surface area contributed by atoms with Crippen molar-refractivity contribution < 1.29 is 9.53 Å².